The Kier molecular flexibility index (Phi) is 4.23. The second-order valence-electron chi connectivity index (χ2n) is 4.84. The lowest BCUT2D eigenvalue weighted by Gasteiger charge is -2.37. The topological polar surface area (TPSA) is 49.4 Å². The molecular weight excluding hydrogens is 267 g/mol. The zero-order valence-electron chi connectivity index (χ0n) is 11.2. The lowest BCUT2D eigenvalue weighted by atomic mass is 10.2. The highest BCUT2D eigenvalue weighted by Crippen LogP contribution is 2.22. The number of hydrogen-bond donors (Lipinski definition) is 1. The molecule has 0 unspecified atom stereocenters. The van der Waals surface area contributed by atoms with Crippen LogP contribution >= 0.6 is 0 Å². The third-order valence-corrected chi connectivity index (χ3v) is 5.31. The minimum absolute atomic E-state index is 0.0192. The summed E-state index contributed by atoms with van der Waals surface area (Å²) in [6, 6.07) is 4.07. The lowest BCUT2D eigenvalue weighted by molar-refractivity contribution is 0.242. The van der Waals surface area contributed by atoms with E-state index in [-0.39, 0.29) is 10.9 Å². The predicted octanol–water partition coefficient (Wildman–Crippen LogP) is 1.51. The minimum atomic E-state index is -3.61. The van der Waals surface area contributed by atoms with Crippen LogP contribution in [-0.4, -0.2) is 38.4 Å². The molecule has 106 valence electrons. The summed E-state index contributed by atoms with van der Waals surface area (Å²) in [5, 5.41) is 3.06. The van der Waals surface area contributed by atoms with E-state index in [2.05, 4.69) is 5.32 Å². The number of sulfonamides is 1. The van der Waals surface area contributed by atoms with Crippen LogP contribution in [0.1, 0.15) is 18.9 Å². The van der Waals surface area contributed by atoms with Crippen molar-refractivity contribution in [2.24, 2.45) is 0 Å². The van der Waals surface area contributed by atoms with E-state index in [1.54, 1.807) is 6.92 Å². The van der Waals surface area contributed by atoms with Crippen molar-refractivity contribution in [3.8, 4) is 0 Å². The summed E-state index contributed by atoms with van der Waals surface area (Å²) in [7, 11) is -3.61. The van der Waals surface area contributed by atoms with E-state index in [1.807, 2.05) is 6.92 Å². The molecule has 1 saturated heterocycles. The maximum absolute atomic E-state index is 13.6. The van der Waals surface area contributed by atoms with E-state index < -0.39 is 15.8 Å². The third-order valence-electron chi connectivity index (χ3n) is 3.36. The average Bonchev–Trinajstić information content (AvgIpc) is 2.29. The molecule has 1 fully saturated rings. The number of nitrogens with zero attached hydrogens (tertiary/aromatic N) is 1. The van der Waals surface area contributed by atoms with Crippen LogP contribution in [-0.2, 0) is 10.0 Å². The first-order valence-electron chi connectivity index (χ1n) is 6.45. The molecule has 1 aliphatic rings. The summed E-state index contributed by atoms with van der Waals surface area (Å²) < 4.78 is 40.1. The lowest BCUT2D eigenvalue weighted by Crippen LogP contribution is -2.58. The van der Waals surface area contributed by atoms with Crippen molar-refractivity contribution >= 4 is 10.0 Å². The molecule has 1 heterocycles. The van der Waals surface area contributed by atoms with Crippen molar-refractivity contribution in [2.75, 3.05) is 19.6 Å². The monoisotopic (exact) mass is 286 g/mol. The van der Waals surface area contributed by atoms with Crippen LogP contribution in [0.2, 0.25) is 0 Å². The molecule has 1 N–H and O–H groups in total. The predicted molar refractivity (Wildman–Crippen MR) is 72.0 cm³/mol. The number of hydrogen-bond acceptors (Lipinski definition) is 3. The summed E-state index contributed by atoms with van der Waals surface area (Å²) in [6.07, 6.45) is 0.740. The van der Waals surface area contributed by atoms with Gasteiger partial charge in [0.25, 0.3) is 0 Å². The van der Waals surface area contributed by atoms with Gasteiger partial charge in [-0.25, -0.2) is 12.8 Å². The second-order valence-corrected chi connectivity index (χ2v) is 6.73. The van der Waals surface area contributed by atoms with E-state index in [0.717, 1.165) is 12.5 Å². The van der Waals surface area contributed by atoms with Crippen LogP contribution in [0, 0.1) is 12.7 Å². The largest absolute Gasteiger partial charge is 0.313 e. The Morgan fingerprint density at radius 2 is 2.11 bits per heavy atom. The Balaban J connectivity index is 2.35. The van der Waals surface area contributed by atoms with Crippen molar-refractivity contribution in [3.63, 3.8) is 0 Å². The van der Waals surface area contributed by atoms with Gasteiger partial charge in [-0.1, -0.05) is 13.0 Å². The Bertz CT molecular complexity index is 556. The first kappa shape index (κ1) is 14.4. The van der Waals surface area contributed by atoms with Crippen molar-refractivity contribution in [3.05, 3.63) is 29.6 Å². The molecule has 0 saturated carbocycles. The third kappa shape index (κ3) is 2.80. The summed E-state index contributed by atoms with van der Waals surface area (Å²) >= 11 is 0. The molecule has 0 aromatic heterocycles. The maximum atomic E-state index is 13.6. The summed E-state index contributed by atoms with van der Waals surface area (Å²) in [4.78, 5) is 0.0379. The second kappa shape index (κ2) is 5.56. The molecule has 2 rings (SSSR count). The Morgan fingerprint density at radius 1 is 1.42 bits per heavy atom. The van der Waals surface area contributed by atoms with Gasteiger partial charge in [0, 0.05) is 19.6 Å². The molecule has 0 spiro atoms. The summed E-state index contributed by atoms with van der Waals surface area (Å²) in [5.41, 5.74) is 0.450. The van der Waals surface area contributed by atoms with E-state index in [4.69, 9.17) is 0 Å². The van der Waals surface area contributed by atoms with Crippen molar-refractivity contribution < 1.29 is 12.8 Å². The van der Waals surface area contributed by atoms with Gasteiger partial charge in [0.05, 0.1) is 10.9 Å². The maximum Gasteiger partial charge on any atom is 0.243 e. The quantitative estimate of drug-likeness (QED) is 0.892. The molecule has 0 aliphatic carbocycles. The van der Waals surface area contributed by atoms with E-state index >= 15 is 0 Å². The van der Waals surface area contributed by atoms with Gasteiger partial charge in [0.15, 0.2) is 0 Å². The standard InChI is InChI=1S/C13H19FN2O2S/c1-3-6-16(11-8-15-9-11)19(17,18)12-5-4-10(2)13(14)7-12/h4-5,7,11,15H,3,6,8-9H2,1-2H3. The Labute approximate surface area is 113 Å². The van der Waals surface area contributed by atoms with Crippen LogP contribution < -0.4 is 5.32 Å². The molecule has 0 bridgehead atoms. The zero-order chi connectivity index (χ0) is 14.0. The van der Waals surface area contributed by atoms with Gasteiger partial charge in [-0.3, -0.25) is 0 Å². The SMILES string of the molecule is CCCN(C1CNC1)S(=O)(=O)c1ccc(C)c(F)c1. The highest BCUT2D eigenvalue weighted by molar-refractivity contribution is 7.89. The normalized spacial score (nSPS) is 16.6. The van der Waals surface area contributed by atoms with Gasteiger partial charge >= 0.3 is 0 Å². The van der Waals surface area contributed by atoms with Crippen LogP contribution in [0.3, 0.4) is 0 Å². The van der Waals surface area contributed by atoms with E-state index in [9.17, 15) is 12.8 Å². The van der Waals surface area contributed by atoms with Crippen LogP contribution in [0.15, 0.2) is 23.1 Å². The van der Waals surface area contributed by atoms with Crippen LogP contribution in [0.4, 0.5) is 4.39 Å². The average molecular weight is 286 g/mol. The van der Waals surface area contributed by atoms with Gasteiger partial charge in [0.1, 0.15) is 5.82 Å². The highest BCUT2D eigenvalue weighted by atomic mass is 32.2. The van der Waals surface area contributed by atoms with Crippen molar-refractivity contribution in [1.82, 2.24) is 9.62 Å². The fraction of sp³-hybridized carbons (Fsp3) is 0.538. The Hall–Kier alpha value is -0.980. The van der Waals surface area contributed by atoms with Crippen molar-refractivity contribution in [1.29, 1.82) is 0 Å². The molecular formula is C13H19FN2O2S. The number of halogens is 1. The summed E-state index contributed by atoms with van der Waals surface area (Å²) in [5.74, 6) is -0.482. The number of benzene rings is 1. The number of nitrogens with one attached hydrogen (secondary N) is 1. The molecule has 1 aliphatic heterocycles. The van der Waals surface area contributed by atoms with E-state index in [0.29, 0.717) is 25.2 Å². The van der Waals surface area contributed by atoms with Gasteiger partial charge in [-0.05, 0) is 31.0 Å². The minimum Gasteiger partial charge on any atom is -0.313 e. The smallest absolute Gasteiger partial charge is 0.243 e. The molecule has 1 aromatic carbocycles. The van der Waals surface area contributed by atoms with Gasteiger partial charge in [-0.2, -0.15) is 4.31 Å². The first-order valence-corrected chi connectivity index (χ1v) is 7.89. The fourth-order valence-electron chi connectivity index (χ4n) is 2.07. The fourth-order valence-corrected chi connectivity index (χ4v) is 3.79. The van der Waals surface area contributed by atoms with E-state index in [1.165, 1.54) is 16.4 Å². The van der Waals surface area contributed by atoms with Gasteiger partial charge in [0.2, 0.25) is 10.0 Å². The van der Waals surface area contributed by atoms with Crippen molar-refractivity contribution in [2.45, 2.75) is 31.2 Å². The zero-order valence-corrected chi connectivity index (χ0v) is 12.0. The van der Waals surface area contributed by atoms with Gasteiger partial charge < -0.3 is 5.32 Å². The summed E-state index contributed by atoms with van der Waals surface area (Å²) in [6.45, 7) is 5.33. The van der Waals surface area contributed by atoms with Crippen LogP contribution in [0.25, 0.3) is 0 Å². The molecule has 6 heteroatoms. The highest BCUT2D eigenvalue weighted by Gasteiger charge is 2.34. The molecule has 4 nitrogen and oxygen atoms in total. The molecule has 19 heavy (non-hydrogen) atoms. The number of rotatable bonds is 5. The first-order chi connectivity index (χ1) is 8.96. The number of aryl methyl sites for hydroxylation is 1. The van der Waals surface area contributed by atoms with Gasteiger partial charge in [-0.15, -0.1) is 0 Å². The molecule has 0 radical (unpaired) electrons. The molecule has 0 amide bonds. The Morgan fingerprint density at radius 3 is 2.58 bits per heavy atom. The molecule has 0 atom stereocenters. The molecule has 1 aromatic rings. The van der Waals surface area contributed by atoms with Crippen LogP contribution in [0.5, 0.6) is 0 Å².